The molecule has 6 aromatic rings. The monoisotopic (exact) mass is 2000 g/mol. The summed E-state index contributed by atoms with van der Waals surface area (Å²) >= 11 is 6.08. The summed E-state index contributed by atoms with van der Waals surface area (Å²) in [4.78, 5) is 121. The van der Waals surface area contributed by atoms with Gasteiger partial charge in [-0.15, -0.1) is 0 Å². The van der Waals surface area contributed by atoms with Gasteiger partial charge in [0.25, 0.3) is 5.91 Å². The molecular formula is C116H173BClN7O18. The Hall–Kier alpha value is -10.5. The van der Waals surface area contributed by atoms with E-state index in [-0.39, 0.29) is 128 Å². The number of benzene rings is 6. The van der Waals surface area contributed by atoms with Crippen molar-refractivity contribution in [3.8, 4) is 28.7 Å². The summed E-state index contributed by atoms with van der Waals surface area (Å²) in [5.41, 5.74) is 28.2. The van der Waals surface area contributed by atoms with Gasteiger partial charge in [0, 0.05) is 73.1 Å². The van der Waals surface area contributed by atoms with E-state index < -0.39 is 53.7 Å². The summed E-state index contributed by atoms with van der Waals surface area (Å²) in [5.74, 6) is -1.02. The van der Waals surface area contributed by atoms with Gasteiger partial charge in [0.1, 0.15) is 42.6 Å². The molecule has 1 saturated heterocycles. The lowest BCUT2D eigenvalue weighted by molar-refractivity contribution is -0.143. The maximum Gasteiger partial charge on any atom is 0.490 e. The van der Waals surface area contributed by atoms with Crippen molar-refractivity contribution >= 4 is 77.5 Å². The number of carbonyl (C=O) groups is 9. The first-order valence-electron chi connectivity index (χ1n) is 51.5. The number of nitriles is 1. The Morgan fingerprint density at radius 1 is 0.566 bits per heavy atom. The lowest BCUT2D eigenvalue weighted by Crippen LogP contribution is -2.51. The van der Waals surface area contributed by atoms with Crippen LogP contribution in [-0.2, 0) is 84.3 Å². The van der Waals surface area contributed by atoms with E-state index >= 15 is 4.79 Å². The Morgan fingerprint density at radius 3 is 1.48 bits per heavy atom. The van der Waals surface area contributed by atoms with Gasteiger partial charge in [-0.3, -0.25) is 28.8 Å². The third-order valence-electron chi connectivity index (χ3n) is 26.0. The molecule has 3 amide bonds. The van der Waals surface area contributed by atoms with Gasteiger partial charge >= 0.3 is 25.0 Å². The number of Topliss-reactive ketones (excluding diaryl/α,β-unsaturated/α-hetero) is 3. The molecule has 790 valence electrons. The van der Waals surface area contributed by atoms with E-state index in [0.29, 0.717) is 85.6 Å². The number of nitrogens with one attached hydrogen (secondary N) is 1. The van der Waals surface area contributed by atoms with Gasteiger partial charge in [-0.25, -0.2) is 14.4 Å². The van der Waals surface area contributed by atoms with Gasteiger partial charge in [0.05, 0.1) is 91.9 Å². The van der Waals surface area contributed by atoms with Crippen LogP contribution in [0.1, 0.15) is 393 Å². The van der Waals surface area contributed by atoms with Gasteiger partial charge in [-0.1, -0.05) is 239 Å². The van der Waals surface area contributed by atoms with E-state index in [0.717, 1.165) is 67.2 Å². The van der Waals surface area contributed by atoms with Crippen LogP contribution in [0.25, 0.3) is 16.9 Å². The highest BCUT2D eigenvalue weighted by atomic mass is 35.5. The number of likely N-dealkylation sites (N-methyl/N-ethyl adjacent to an activating group) is 1. The first-order chi connectivity index (χ1) is 67.7. The minimum Gasteiger partial charge on any atom is -0.502 e. The maximum absolute atomic E-state index is 15.1. The second-order valence-electron chi connectivity index (χ2n) is 37.5. The molecule has 6 aromatic carbocycles. The summed E-state index contributed by atoms with van der Waals surface area (Å²) < 4.78 is 48.5. The van der Waals surface area contributed by atoms with E-state index in [4.69, 9.17) is 66.5 Å². The van der Waals surface area contributed by atoms with Crippen LogP contribution in [0.2, 0.25) is 5.02 Å². The topological polar surface area (TPSA) is 357 Å². The molecule has 0 spiro atoms. The number of nitrogens with two attached hydrogens (primary N) is 3. The quantitative estimate of drug-likeness (QED) is 0.00688. The molecule has 3 aliphatic rings. The molecule has 1 unspecified atom stereocenters. The fraction of sp³-hybridized carbons (Fsp3) is 0.569. The number of hydrogen-bond acceptors (Lipinski definition) is 22. The molecule has 0 aliphatic carbocycles. The summed E-state index contributed by atoms with van der Waals surface area (Å²) in [7, 11) is 5.32. The number of ether oxygens (including phenoxy) is 7. The summed E-state index contributed by atoms with van der Waals surface area (Å²) in [6.07, 6.45) is 35.3. The van der Waals surface area contributed by atoms with E-state index in [9.17, 15) is 43.6 Å². The molecule has 3 aliphatic heterocycles. The van der Waals surface area contributed by atoms with Crippen LogP contribution in [0.5, 0.6) is 11.5 Å². The van der Waals surface area contributed by atoms with Crippen LogP contribution < -0.4 is 32.0 Å². The van der Waals surface area contributed by atoms with Crippen molar-refractivity contribution in [2.24, 2.45) is 23.1 Å². The molecule has 27 heteroatoms. The first kappa shape index (κ1) is 127. The number of aryl methyl sites for hydroxylation is 4. The highest BCUT2D eigenvalue weighted by Gasteiger charge is 2.50. The predicted molar refractivity (Wildman–Crippen MR) is 577 cm³/mol. The van der Waals surface area contributed by atoms with Crippen LogP contribution >= 0.6 is 11.6 Å². The minimum absolute atomic E-state index is 0. The standard InChI is InChI=1S/C50H67N7O7.C20H30O3.C18H26O3.C16H23ClO2.C10H19BO3.2CH4/c1-5-6-7-8-9-10-12-34-14-17-37-38(28-34)33(3)57(49(37)61)42(20-22-52)50(62)56(4)47-36-16-19-46(64-26-24-54)40(31-36)39-29-35(15-18-45(39)63-25-23-53)30-41(43(58)13-11-21-51)55-48(60)32(2)27-44(47)59;1-5-7-8-9-10-11-12-17-13-14-18(20(21)22-4)19(15-17)16(3)23-6-2;1-4-5-6-7-8-9-10-15-11-12-16(18(20)21-3)17(13-15)14(2)19;1-3-4-5-6-7-8-9-13-10-11-14(15(17)12-13)16(18)19-2;1-6-12-8-7-11-13-9(2,3)10(4,5)14-11;;/h14-19,28-29,31-33,41-42,47H,5-13,20,22-27,30,52-54H2,1-4H3,(H,55,60);13-15H,3,5-12H2,1-2,4H3;11-13H,4-10H2,1-3H3;10-12H,3-9H2,1-2H3;7-8H,6H2,1-5H3;2*1H4/b;;;;8-7+;;/t32-,33?,41+,42+,47+;;;;;;/m1....../s1. The van der Waals surface area contributed by atoms with Crippen molar-refractivity contribution in [2.45, 2.75) is 352 Å². The molecule has 0 aromatic heterocycles. The zero-order valence-electron chi connectivity index (χ0n) is 87.8. The van der Waals surface area contributed by atoms with Crippen molar-refractivity contribution in [1.29, 1.82) is 5.26 Å². The zero-order valence-corrected chi connectivity index (χ0v) is 88.6. The zero-order chi connectivity index (χ0) is 104. The van der Waals surface area contributed by atoms with Gasteiger partial charge in [-0.05, 0) is 238 Å². The Morgan fingerprint density at radius 2 is 1.01 bits per heavy atom. The van der Waals surface area contributed by atoms with Crippen molar-refractivity contribution in [2.75, 3.05) is 74.4 Å². The number of rotatable bonds is 52. The van der Waals surface area contributed by atoms with Gasteiger partial charge < -0.3 is 74.8 Å². The van der Waals surface area contributed by atoms with Crippen molar-refractivity contribution in [1.82, 2.24) is 15.1 Å². The molecule has 0 saturated carbocycles. The molecule has 25 nitrogen and oxygen atoms in total. The second-order valence-corrected chi connectivity index (χ2v) is 37.9. The Balaban J connectivity index is 0.000000539. The molecule has 0 radical (unpaired) electrons. The van der Waals surface area contributed by atoms with Crippen LogP contribution in [0.3, 0.4) is 0 Å². The van der Waals surface area contributed by atoms with Crippen LogP contribution in [0.15, 0.2) is 128 Å². The largest absolute Gasteiger partial charge is 0.502 e. The number of nitrogens with zero attached hydrogens (tertiary/aromatic N) is 3. The van der Waals surface area contributed by atoms with Gasteiger partial charge in [0.15, 0.2) is 17.3 Å². The first-order valence-corrected chi connectivity index (χ1v) is 51.9. The highest BCUT2D eigenvalue weighted by molar-refractivity contribution is 6.51. The average Bonchev–Trinajstić information content (AvgIpc) is 1.63. The highest BCUT2D eigenvalue weighted by Crippen LogP contribution is 2.44. The average molecular weight is 2000 g/mol. The van der Waals surface area contributed by atoms with Crippen molar-refractivity contribution in [3.05, 3.63) is 205 Å². The third-order valence-corrected chi connectivity index (χ3v) is 26.3. The SMILES string of the molecule is C.C.C=C(OCC)c1cc(CCCCCCCC)ccc1C(=O)OC.CCCCCCCCc1ccc(C(=O)OC)c(C(C)=O)c1.CCCCCCCCc1ccc(C(=O)OC)c(Cl)c1.CCCCCCCCc1ccc2c(c1)C(C)N([C@@H](CCN)C(=O)N(C)[C@@H]1C(=O)C[C@@H](C)C(=O)N[C@H](C(=O)CCC#N)Cc3ccc(OCCN)c(c3)-c3cc1ccc3OCCN)C2=O.CCO/C=C/B1OC(C)(C)C(C)(C)O1. The van der Waals surface area contributed by atoms with Crippen LogP contribution in [-0.4, -0.2) is 168 Å². The number of esters is 3. The molecule has 1 fully saturated rings. The number of ketones is 3. The third kappa shape index (κ3) is 41.1. The second kappa shape index (κ2) is 68.7. The molecule has 3 heterocycles. The summed E-state index contributed by atoms with van der Waals surface area (Å²) in [6, 6.07) is 31.8. The number of amides is 3. The summed E-state index contributed by atoms with van der Waals surface area (Å²) in [6.45, 7) is 31.9. The minimum atomic E-state index is -1.22. The lowest BCUT2D eigenvalue weighted by atomic mass is 9.89. The molecule has 7 N–H and O–H groups in total. The van der Waals surface area contributed by atoms with E-state index in [1.165, 1.54) is 186 Å². The maximum atomic E-state index is 15.1. The molecule has 9 rings (SSSR count). The Labute approximate surface area is 862 Å². The van der Waals surface area contributed by atoms with E-state index in [2.05, 4.69) is 50.4 Å². The predicted octanol–water partition coefficient (Wildman–Crippen LogP) is 24.3. The fourth-order valence-electron chi connectivity index (χ4n) is 17.3. The molecule has 143 heavy (non-hydrogen) atoms. The fourth-order valence-corrected chi connectivity index (χ4v) is 17.5. The number of halogens is 1. The van der Waals surface area contributed by atoms with E-state index in [1.807, 2.05) is 115 Å². The lowest BCUT2D eigenvalue weighted by Gasteiger charge is -2.37. The molecule has 5 atom stereocenters. The van der Waals surface area contributed by atoms with Crippen LogP contribution in [0, 0.1) is 17.2 Å². The molecular weight excluding hydrogens is 1830 g/mol. The van der Waals surface area contributed by atoms with Crippen molar-refractivity contribution < 1.29 is 85.6 Å². The normalized spacial score (nSPS) is 15.5. The van der Waals surface area contributed by atoms with Gasteiger partial charge in [0.2, 0.25) is 11.8 Å². The number of methoxy groups -OCH3 is 3. The number of fused-ring (bicyclic) bond motifs is 6. The number of carbonyl (C=O) groups excluding carboxylic acids is 9. The van der Waals surface area contributed by atoms with Crippen LogP contribution in [0.4, 0.5) is 0 Å². The smallest absolute Gasteiger partial charge is 0.490 e. The van der Waals surface area contributed by atoms with Gasteiger partial charge in [-0.2, -0.15) is 5.26 Å². The number of hydrogen-bond donors (Lipinski definition) is 4. The Bertz CT molecular complexity index is 4990. The van der Waals surface area contributed by atoms with E-state index in [1.54, 1.807) is 66.5 Å². The van der Waals surface area contributed by atoms with Crippen molar-refractivity contribution in [3.63, 3.8) is 0 Å². The molecule has 4 bridgehead atoms. The summed E-state index contributed by atoms with van der Waals surface area (Å²) in [5, 5.41) is 12.6. The number of unbranched alkanes of at least 4 members (excludes halogenated alkanes) is 20. The Kier molecular flexibility index (Phi) is 60.9.